The molecule has 2 N–H and O–H groups in total. The normalized spacial score (nSPS) is 16.4. The second-order valence-corrected chi connectivity index (χ2v) is 6.24. The predicted molar refractivity (Wildman–Crippen MR) is 105 cm³/mol. The molecule has 1 fully saturated rings. The molecular formula is C17H18N4O6S. The van der Waals surface area contributed by atoms with Crippen LogP contribution in [0.1, 0.15) is 12.5 Å². The smallest absolute Gasteiger partial charge is 0.331 e. The highest BCUT2D eigenvalue weighted by molar-refractivity contribution is 8.18. The summed E-state index contributed by atoms with van der Waals surface area (Å²) in [4.78, 5) is 34.6. The molecule has 10 nitrogen and oxygen atoms in total. The Bertz CT molecular complexity index is 894. The van der Waals surface area contributed by atoms with Crippen LogP contribution in [0.25, 0.3) is 0 Å². The molecule has 0 atom stereocenters. The van der Waals surface area contributed by atoms with E-state index in [0.29, 0.717) is 22.7 Å². The van der Waals surface area contributed by atoms with Gasteiger partial charge >= 0.3 is 5.97 Å². The Morgan fingerprint density at radius 2 is 1.86 bits per heavy atom. The Kier molecular flexibility index (Phi) is 7.15. The number of carbonyl (C=O) groups excluding carboxylic acids is 3. The SMILES string of the molecule is COC(=O)/C=C1/S/C(=N\N=Cc2cc(OC)c(OC)cc2NC(C)=O)NC1=O. The fourth-order valence-electron chi connectivity index (χ4n) is 2.08. The molecule has 0 bridgehead atoms. The Balaban J connectivity index is 2.27. The summed E-state index contributed by atoms with van der Waals surface area (Å²) in [6.07, 6.45) is 2.45. The van der Waals surface area contributed by atoms with E-state index in [1.165, 1.54) is 34.5 Å². The molecule has 11 heteroatoms. The van der Waals surface area contributed by atoms with Gasteiger partial charge in [-0.05, 0) is 17.8 Å². The molecule has 1 aliphatic heterocycles. The Labute approximate surface area is 165 Å². The van der Waals surface area contributed by atoms with Gasteiger partial charge in [-0.15, -0.1) is 5.10 Å². The molecular weight excluding hydrogens is 388 g/mol. The molecule has 0 aliphatic carbocycles. The zero-order chi connectivity index (χ0) is 20.7. The van der Waals surface area contributed by atoms with Crippen molar-refractivity contribution in [3.05, 3.63) is 28.7 Å². The molecule has 0 aromatic heterocycles. The average Bonchev–Trinajstić information content (AvgIpc) is 3.01. The average molecular weight is 406 g/mol. The standard InChI is InChI=1S/C17H18N4O6S/c1-9(22)19-11-6-13(26-3)12(25-2)5-10(11)8-18-21-17-20-16(24)14(28-17)7-15(23)27-4/h5-8H,1-4H3,(H,19,22)(H,20,21,24)/b14-7+,18-8?. The highest BCUT2D eigenvalue weighted by Crippen LogP contribution is 2.32. The maximum absolute atomic E-state index is 11.8. The van der Waals surface area contributed by atoms with E-state index in [-0.39, 0.29) is 16.0 Å². The maximum atomic E-state index is 11.8. The van der Waals surface area contributed by atoms with Gasteiger partial charge < -0.3 is 19.5 Å². The summed E-state index contributed by atoms with van der Waals surface area (Å²) in [5.41, 5.74) is 0.959. The van der Waals surface area contributed by atoms with Gasteiger partial charge in [-0.3, -0.25) is 14.9 Å². The molecule has 28 heavy (non-hydrogen) atoms. The number of anilines is 1. The number of amidine groups is 1. The van der Waals surface area contributed by atoms with Crippen LogP contribution in [0, 0.1) is 0 Å². The number of methoxy groups -OCH3 is 3. The van der Waals surface area contributed by atoms with Gasteiger partial charge in [-0.2, -0.15) is 5.10 Å². The molecule has 1 aliphatic rings. The monoisotopic (exact) mass is 406 g/mol. The van der Waals surface area contributed by atoms with Gasteiger partial charge in [0.15, 0.2) is 16.7 Å². The summed E-state index contributed by atoms with van der Waals surface area (Å²) >= 11 is 0.948. The minimum Gasteiger partial charge on any atom is -0.493 e. The lowest BCUT2D eigenvalue weighted by Gasteiger charge is -2.12. The van der Waals surface area contributed by atoms with Crippen molar-refractivity contribution >= 4 is 46.6 Å². The third-order valence-corrected chi connectivity index (χ3v) is 4.21. The van der Waals surface area contributed by atoms with Crippen LogP contribution in [0.3, 0.4) is 0 Å². The van der Waals surface area contributed by atoms with Crippen LogP contribution in [-0.4, -0.2) is 50.5 Å². The first-order chi connectivity index (χ1) is 13.4. The van der Waals surface area contributed by atoms with Gasteiger partial charge in [0.25, 0.3) is 5.91 Å². The van der Waals surface area contributed by atoms with Crippen molar-refractivity contribution in [3.8, 4) is 11.5 Å². The van der Waals surface area contributed by atoms with E-state index in [2.05, 4.69) is 25.6 Å². The number of rotatable bonds is 6. The van der Waals surface area contributed by atoms with Crippen LogP contribution >= 0.6 is 11.8 Å². The molecule has 1 saturated heterocycles. The van der Waals surface area contributed by atoms with Crippen molar-refractivity contribution in [1.29, 1.82) is 0 Å². The van der Waals surface area contributed by atoms with Crippen molar-refractivity contribution in [2.45, 2.75) is 6.92 Å². The molecule has 1 heterocycles. The zero-order valence-corrected chi connectivity index (χ0v) is 16.4. The van der Waals surface area contributed by atoms with Gasteiger partial charge in [0.05, 0.1) is 38.1 Å². The fraction of sp³-hybridized carbons (Fsp3) is 0.235. The Morgan fingerprint density at radius 1 is 1.18 bits per heavy atom. The van der Waals surface area contributed by atoms with Gasteiger partial charge in [0.2, 0.25) is 5.91 Å². The minimum absolute atomic E-state index is 0.144. The largest absolute Gasteiger partial charge is 0.493 e. The number of ether oxygens (including phenoxy) is 3. The second kappa shape index (κ2) is 9.55. The number of thioether (sulfide) groups is 1. The molecule has 0 radical (unpaired) electrons. The number of amides is 2. The highest BCUT2D eigenvalue weighted by Gasteiger charge is 2.25. The summed E-state index contributed by atoms with van der Waals surface area (Å²) in [6.45, 7) is 1.37. The van der Waals surface area contributed by atoms with Crippen molar-refractivity contribution in [2.75, 3.05) is 26.6 Å². The van der Waals surface area contributed by atoms with Gasteiger partial charge in [0, 0.05) is 24.6 Å². The van der Waals surface area contributed by atoms with Crippen molar-refractivity contribution < 1.29 is 28.6 Å². The Hall–Kier alpha value is -3.34. The molecule has 1 aromatic carbocycles. The van der Waals surface area contributed by atoms with Crippen LogP contribution < -0.4 is 20.1 Å². The summed E-state index contributed by atoms with van der Waals surface area (Å²) in [5, 5.41) is 13.2. The van der Waals surface area contributed by atoms with Crippen LogP contribution in [0.4, 0.5) is 5.69 Å². The molecule has 2 amide bonds. The van der Waals surface area contributed by atoms with Crippen LogP contribution in [0.5, 0.6) is 11.5 Å². The van der Waals surface area contributed by atoms with Crippen LogP contribution in [0.2, 0.25) is 0 Å². The van der Waals surface area contributed by atoms with Crippen molar-refractivity contribution in [3.63, 3.8) is 0 Å². The van der Waals surface area contributed by atoms with Crippen LogP contribution in [-0.2, 0) is 19.1 Å². The van der Waals surface area contributed by atoms with Crippen molar-refractivity contribution in [2.24, 2.45) is 10.2 Å². The third kappa shape index (κ3) is 5.33. The van der Waals surface area contributed by atoms with Gasteiger partial charge in [0.1, 0.15) is 0 Å². The zero-order valence-electron chi connectivity index (χ0n) is 15.6. The van der Waals surface area contributed by atoms with E-state index in [4.69, 9.17) is 9.47 Å². The van der Waals surface area contributed by atoms with E-state index in [0.717, 1.165) is 17.8 Å². The van der Waals surface area contributed by atoms with E-state index < -0.39 is 11.9 Å². The first-order valence-corrected chi connectivity index (χ1v) is 8.63. The lowest BCUT2D eigenvalue weighted by molar-refractivity contribution is -0.135. The van der Waals surface area contributed by atoms with Crippen molar-refractivity contribution in [1.82, 2.24) is 5.32 Å². The summed E-state index contributed by atoms with van der Waals surface area (Å²) in [7, 11) is 4.18. The predicted octanol–water partition coefficient (Wildman–Crippen LogP) is 1.27. The van der Waals surface area contributed by atoms with Crippen LogP contribution in [0.15, 0.2) is 33.3 Å². The molecule has 0 spiro atoms. The third-order valence-electron chi connectivity index (χ3n) is 3.31. The number of carbonyl (C=O) groups is 3. The minimum atomic E-state index is -0.646. The lowest BCUT2D eigenvalue weighted by Crippen LogP contribution is -2.19. The van der Waals surface area contributed by atoms with E-state index in [1.807, 2.05) is 0 Å². The number of benzene rings is 1. The summed E-state index contributed by atoms with van der Waals surface area (Å²) in [5.74, 6) is -0.519. The number of esters is 1. The molecule has 148 valence electrons. The van der Waals surface area contributed by atoms with Gasteiger partial charge in [-0.25, -0.2) is 4.79 Å². The fourth-order valence-corrected chi connectivity index (χ4v) is 2.82. The second-order valence-electron chi connectivity index (χ2n) is 5.21. The van der Waals surface area contributed by atoms with E-state index in [9.17, 15) is 14.4 Å². The highest BCUT2D eigenvalue weighted by atomic mass is 32.2. The molecule has 0 unspecified atom stereocenters. The topological polar surface area (TPSA) is 128 Å². The van der Waals surface area contributed by atoms with E-state index >= 15 is 0 Å². The number of nitrogens with one attached hydrogen (secondary N) is 2. The Morgan fingerprint density at radius 3 is 2.46 bits per heavy atom. The molecule has 2 rings (SSSR count). The summed E-state index contributed by atoms with van der Waals surface area (Å²) < 4.78 is 15.0. The van der Waals surface area contributed by atoms with E-state index in [1.54, 1.807) is 12.1 Å². The van der Waals surface area contributed by atoms with Gasteiger partial charge in [-0.1, -0.05) is 0 Å². The number of hydrogen-bond acceptors (Lipinski definition) is 9. The first-order valence-electron chi connectivity index (χ1n) is 7.81. The first kappa shape index (κ1) is 21.0. The molecule has 1 aromatic rings. The maximum Gasteiger partial charge on any atom is 0.331 e. The lowest BCUT2D eigenvalue weighted by atomic mass is 10.1. The quantitative estimate of drug-likeness (QED) is 0.315. The number of nitrogens with zero attached hydrogens (tertiary/aromatic N) is 2. The number of hydrogen-bond donors (Lipinski definition) is 2. The summed E-state index contributed by atoms with van der Waals surface area (Å²) in [6, 6.07) is 3.22. The molecule has 0 saturated carbocycles.